The van der Waals surface area contributed by atoms with Crippen molar-refractivity contribution in [3.63, 3.8) is 0 Å². The van der Waals surface area contributed by atoms with Crippen molar-refractivity contribution in [1.29, 1.82) is 0 Å². The van der Waals surface area contributed by atoms with Gasteiger partial charge in [0.25, 0.3) is 0 Å². The van der Waals surface area contributed by atoms with Crippen LogP contribution in [0.25, 0.3) is 33.2 Å². The summed E-state index contributed by atoms with van der Waals surface area (Å²) in [6.07, 6.45) is 4.48. The van der Waals surface area contributed by atoms with Gasteiger partial charge in [-0.3, -0.25) is 0 Å². The molecule has 0 spiro atoms. The smallest absolute Gasteiger partial charge is 0.138 e. The van der Waals surface area contributed by atoms with Crippen molar-refractivity contribution in [1.82, 2.24) is 19.9 Å². The third-order valence-corrected chi connectivity index (χ3v) is 3.99. The van der Waals surface area contributed by atoms with Gasteiger partial charge in [-0.05, 0) is 30.5 Å². The van der Waals surface area contributed by atoms with Gasteiger partial charge in [0.15, 0.2) is 0 Å². The average molecular weight is 302 g/mol. The van der Waals surface area contributed by atoms with E-state index in [0.29, 0.717) is 5.92 Å². The number of rotatable bonds is 3. The number of hydrogen-bond acceptors (Lipinski definition) is 3. The van der Waals surface area contributed by atoms with Crippen LogP contribution >= 0.6 is 0 Å². The highest BCUT2D eigenvalue weighted by Crippen LogP contribution is 2.27. The summed E-state index contributed by atoms with van der Waals surface area (Å²) in [5.74, 6) is 0.576. The molecule has 0 saturated carbocycles. The lowest BCUT2D eigenvalue weighted by molar-refractivity contribution is 0.634. The second kappa shape index (κ2) is 5.47. The SMILES string of the molecule is CC(C)Cc1cc(-c2cnc3[nH]c4ccccc4c3c2)ncn1. The van der Waals surface area contributed by atoms with Crippen molar-refractivity contribution in [3.8, 4) is 11.3 Å². The minimum absolute atomic E-state index is 0.576. The number of fused-ring (bicyclic) bond motifs is 3. The number of aromatic nitrogens is 4. The van der Waals surface area contributed by atoms with Gasteiger partial charge in [0, 0.05) is 33.7 Å². The summed E-state index contributed by atoms with van der Waals surface area (Å²) in [6, 6.07) is 12.5. The largest absolute Gasteiger partial charge is 0.339 e. The highest BCUT2D eigenvalue weighted by molar-refractivity contribution is 6.06. The molecule has 114 valence electrons. The zero-order chi connectivity index (χ0) is 15.8. The molecule has 0 aliphatic heterocycles. The number of para-hydroxylation sites is 1. The molecular formula is C19H18N4. The van der Waals surface area contributed by atoms with Crippen LogP contribution in [0.15, 0.2) is 48.9 Å². The van der Waals surface area contributed by atoms with Crippen LogP contribution in [0.4, 0.5) is 0 Å². The van der Waals surface area contributed by atoms with Crippen LogP contribution in [0.3, 0.4) is 0 Å². The number of benzene rings is 1. The molecule has 0 aliphatic carbocycles. The van der Waals surface area contributed by atoms with E-state index in [1.54, 1.807) is 6.33 Å². The highest BCUT2D eigenvalue weighted by Gasteiger charge is 2.09. The Morgan fingerprint density at radius 2 is 1.87 bits per heavy atom. The van der Waals surface area contributed by atoms with Gasteiger partial charge < -0.3 is 4.98 Å². The monoisotopic (exact) mass is 302 g/mol. The van der Waals surface area contributed by atoms with Crippen molar-refractivity contribution in [3.05, 3.63) is 54.6 Å². The van der Waals surface area contributed by atoms with Gasteiger partial charge in [0.05, 0.1) is 5.69 Å². The Labute approximate surface area is 134 Å². The average Bonchev–Trinajstić information content (AvgIpc) is 2.92. The molecule has 4 aromatic rings. The van der Waals surface area contributed by atoms with Crippen LogP contribution in [-0.2, 0) is 6.42 Å². The van der Waals surface area contributed by atoms with Gasteiger partial charge in [-0.2, -0.15) is 0 Å². The summed E-state index contributed by atoms with van der Waals surface area (Å²) in [7, 11) is 0. The van der Waals surface area contributed by atoms with E-state index in [1.807, 2.05) is 18.3 Å². The first-order chi connectivity index (χ1) is 11.2. The van der Waals surface area contributed by atoms with E-state index >= 15 is 0 Å². The first-order valence-electron chi connectivity index (χ1n) is 7.88. The van der Waals surface area contributed by atoms with Crippen LogP contribution in [-0.4, -0.2) is 19.9 Å². The molecule has 3 heterocycles. The van der Waals surface area contributed by atoms with E-state index in [0.717, 1.165) is 39.9 Å². The van der Waals surface area contributed by atoms with Crippen LogP contribution in [0, 0.1) is 5.92 Å². The zero-order valence-electron chi connectivity index (χ0n) is 13.2. The molecule has 4 rings (SSSR count). The van der Waals surface area contributed by atoms with E-state index in [4.69, 9.17) is 0 Å². The maximum absolute atomic E-state index is 4.57. The predicted octanol–water partition coefficient (Wildman–Crippen LogP) is 4.37. The maximum atomic E-state index is 4.57. The number of H-pyrrole nitrogens is 1. The quantitative estimate of drug-likeness (QED) is 0.611. The van der Waals surface area contributed by atoms with E-state index in [2.05, 4.69) is 58.0 Å². The first-order valence-corrected chi connectivity index (χ1v) is 7.88. The fourth-order valence-corrected chi connectivity index (χ4v) is 2.95. The number of pyridine rings is 1. The summed E-state index contributed by atoms with van der Waals surface area (Å²) in [5, 5.41) is 2.32. The van der Waals surface area contributed by atoms with Crippen LogP contribution < -0.4 is 0 Å². The van der Waals surface area contributed by atoms with Gasteiger partial charge in [-0.1, -0.05) is 32.0 Å². The molecule has 0 atom stereocenters. The predicted molar refractivity (Wildman–Crippen MR) is 93.2 cm³/mol. The van der Waals surface area contributed by atoms with Gasteiger partial charge in [-0.15, -0.1) is 0 Å². The number of hydrogen-bond donors (Lipinski definition) is 1. The minimum Gasteiger partial charge on any atom is -0.339 e. The Bertz CT molecular complexity index is 985. The molecule has 1 N–H and O–H groups in total. The summed E-state index contributed by atoms with van der Waals surface area (Å²) in [5.41, 5.74) is 5.04. The second-order valence-corrected chi connectivity index (χ2v) is 6.28. The molecule has 0 unspecified atom stereocenters. The first kappa shape index (κ1) is 13.9. The maximum Gasteiger partial charge on any atom is 0.138 e. The third kappa shape index (κ3) is 2.57. The molecule has 0 aliphatic rings. The lowest BCUT2D eigenvalue weighted by atomic mass is 10.1. The lowest BCUT2D eigenvalue weighted by Crippen LogP contribution is -1.98. The summed E-state index contributed by atoms with van der Waals surface area (Å²) >= 11 is 0. The van der Waals surface area contributed by atoms with Gasteiger partial charge in [-0.25, -0.2) is 15.0 Å². The molecule has 0 saturated heterocycles. The van der Waals surface area contributed by atoms with E-state index < -0.39 is 0 Å². The van der Waals surface area contributed by atoms with E-state index in [1.165, 1.54) is 5.39 Å². The second-order valence-electron chi connectivity index (χ2n) is 6.28. The third-order valence-electron chi connectivity index (χ3n) is 3.99. The Hall–Kier alpha value is -2.75. The van der Waals surface area contributed by atoms with Crippen molar-refractivity contribution in [2.45, 2.75) is 20.3 Å². The van der Waals surface area contributed by atoms with Gasteiger partial charge in [0.2, 0.25) is 0 Å². The number of nitrogens with zero attached hydrogens (tertiary/aromatic N) is 3. The topological polar surface area (TPSA) is 54.5 Å². The number of aromatic amines is 1. The zero-order valence-corrected chi connectivity index (χ0v) is 13.2. The summed E-state index contributed by atoms with van der Waals surface area (Å²) in [6.45, 7) is 4.39. The highest BCUT2D eigenvalue weighted by atomic mass is 14.9. The van der Waals surface area contributed by atoms with E-state index in [-0.39, 0.29) is 0 Å². The Morgan fingerprint density at radius 1 is 1.00 bits per heavy atom. The van der Waals surface area contributed by atoms with Gasteiger partial charge in [0.1, 0.15) is 12.0 Å². The summed E-state index contributed by atoms with van der Waals surface area (Å²) < 4.78 is 0. The minimum atomic E-state index is 0.576. The normalized spacial score (nSPS) is 11.6. The Kier molecular flexibility index (Phi) is 3.30. The van der Waals surface area contributed by atoms with Crippen LogP contribution in [0.1, 0.15) is 19.5 Å². The molecule has 0 bridgehead atoms. The molecule has 4 nitrogen and oxygen atoms in total. The molecule has 3 aromatic heterocycles. The lowest BCUT2D eigenvalue weighted by Gasteiger charge is -2.06. The fourth-order valence-electron chi connectivity index (χ4n) is 2.95. The Morgan fingerprint density at radius 3 is 2.74 bits per heavy atom. The molecule has 23 heavy (non-hydrogen) atoms. The Balaban J connectivity index is 1.84. The molecule has 4 heteroatoms. The van der Waals surface area contributed by atoms with Crippen molar-refractivity contribution >= 4 is 21.9 Å². The van der Waals surface area contributed by atoms with Crippen molar-refractivity contribution < 1.29 is 0 Å². The molecule has 0 fully saturated rings. The summed E-state index contributed by atoms with van der Waals surface area (Å²) in [4.78, 5) is 16.7. The van der Waals surface area contributed by atoms with Gasteiger partial charge >= 0.3 is 0 Å². The van der Waals surface area contributed by atoms with Crippen molar-refractivity contribution in [2.24, 2.45) is 5.92 Å². The van der Waals surface area contributed by atoms with Crippen LogP contribution in [0.2, 0.25) is 0 Å². The standard InChI is InChI=1S/C19H18N4/c1-12(2)7-14-9-18(22-11-21-14)13-8-16-15-5-3-4-6-17(15)23-19(16)20-10-13/h3-6,8-12H,7H2,1-2H3,(H,20,23). The van der Waals surface area contributed by atoms with Crippen LogP contribution in [0.5, 0.6) is 0 Å². The van der Waals surface area contributed by atoms with E-state index in [9.17, 15) is 0 Å². The van der Waals surface area contributed by atoms with Crippen molar-refractivity contribution in [2.75, 3.05) is 0 Å². The fraction of sp³-hybridized carbons (Fsp3) is 0.211. The number of nitrogens with one attached hydrogen (secondary N) is 1. The molecule has 1 aromatic carbocycles. The molecular weight excluding hydrogens is 284 g/mol. The molecule has 0 amide bonds. The molecule has 0 radical (unpaired) electrons.